The summed E-state index contributed by atoms with van der Waals surface area (Å²) >= 11 is 0. The predicted octanol–water partition coefficient (Wildman–Crippen LogP) is 2.42. The van der Waals surface area contributed by atoms with Gasteiger partial charge in [0.05, 0.1) is 18.2 Å². The summed E-state index contributed by atoms with van der Waals surface area (Å²) in [7, 11) is 0. The highest BCUT2D eigenvalue weighted by Crippen LogP contribution is 2.11. The molecule has 0 aliphatic heterocycles. The second kappa shape index (κ2) is 10.2. The number of nitrogens with zero attached hydrogens (tertiary/aromatic N) is 2. The van der Waals surface area contributed by atoms with Gasteiger partial charge in [0.15, 0.2) is 0 Å². The molecule has 1 aromatic rings. The standard InChI is InChI=1S/C16H24N2O2/c1-2-3-4-9-18(10-12-19)11-13-20-16-7-5-15(14-17)6-8-16/h5-8,19H,2-4,9-13H2,1H3. The molecule has 4 heteroatoms. The fourth-order valence-corrected chi connectivity index (χ4v) is 1.98. The van der Waals surface area contributed by atoms with Crippen molar-refractivity contribution in [2.75, 3.05) is 32.8 Å². The molecular weight excluding hydrogens is 252 g/mol. The first kappa shape index (κ1) is 16.5. The molecule has 110 valence electrons. The number of aliphatic hydroxyl groups is 1. The van der Waals surface area contributed by atoms with Gasteiger partial charge >= 0.3 is 0 Å². The molecule has 0 saturated heterocycles. The molecule has 0 aliphatic carbocycles. The third-order valence-electron chi connectivity index (χ3n) is 3.15. The van der Waals surface area contributed by atoms with Crippen molar-refractivity contribution >= 4 is 0 Å². The van der Waals surface area contributed by atoms with Gasteiger partial charge < -0.3 is 9.84 Å². The Morgan fingerprint density at radius 2 is 1.90 bits per heavy atom. The van der Waals surface area contributed by atoms with Crippen LogP contribution in [0.1, 0.15) is 31.7 Å². The van der Waals surface area contributed by atoms with Crippen molar-refractivity contribution in [2.45, 2.75) is 26.2 Å². The first-order chi connectivity index (χ1) is 9.80. The van der Waals surface area contributed by atoms with Gasteiger partial charge in [-0.3, -0.25) is 4.90 Å². The molecule has 0 saturated carbocycles. The van der Waals surface area contributed by atoms with E-state index in [0.29, 0.717) is 18.7 Å². The van der Waals surface area contributed by atoms with E-state index in [1.807, 2.05) is 12.1 Å². The van der Waals surface area contributed by atoms with E-state index in [0.717, 1.165) is 25.3 Å². The first-order valence-electron chi connectivity index (χ1n) is 7.26. The van der Waals surface area contributed by atoms with Crippen LogP contribution in [0.4, 0.5) is 0 Å². The highest BCUT2D eigenvalue weighted by atomic mass is 16.5. The van der Waals surface area contributed by atoms with Gasteiger partial charge in [0.2, 0.25) is 0 Å². The van der Waals surface area contributed by atoms with Crippen LogP contribution in [0, 0.1) is 11.3 Å². The second-order valence-electron chi connectivity index (χ2n) is 4.76. The van der Waals surface area contributed by atoms with Crippen LogP contribution in [0.3, 0.4) is 0 Å². The maximum atomic E-state index is 9.05. The van der Waals surface area contributed by atoms with Crippen molar-refractivity contribution in [3.63, 3.8) is 0 Å². The van der Waals surface area contributed by atoms with E-state index in [1.54, 1.807) is 12.1 Å². The number of rotatable bonds is 10. The van der Waals surface area contributed by atoms with Crippen molar-refractivity contribution in [1.82, 2.24) is 4.90 Å². The van der Waals surface area contributed by atoms with E-state index in [2.05, 4.69) is 17.9 Å². The van der Waals surface area contributed by atoms with E-state index in [1.165, 1.54) is 12.8 Å². The maximum Gasteiger partial charge on any atom is 0.119 e. The van der Waals surface area contributed by atoms with Crippen molar-refractivity contribution in [2.24, 2.45) is 0 Å². The van der Waals surface area contributed by atoms with E-state index in [9.17, 15) is 0 Å². The minimum absolute atomic E-state index is 0.184. The molecule has 20 heavy (non-hydrogen) atoms. The normalized spacial score (nSPS) is 10.5. The quantitative estimate of drug-likeness (QED) is 0.667. The van der Waals surface area contributed by atoms with Crippen molar-refractivity contribution in [1.29, 1.82) is 5.26 Å². The Hall–Kier alpha value is -1.57. The van der Waals surface area contributed by atoms with Gasteiger partial charge in [-0.25, -0.2) is 0 Å². The molecule has 0 radical (unpaired) electrons. The summed E-state index contributed by atoms with van der Waals surface area (Å²) in [6, 6.07) is 9.21. The molecule has 0 atom stereocenters. The molecule has 1 rings (SSSR count). The molecule has 0 aliphatic rings. The highest BCUT2D eigenvalue weighted by molar-refractivity contribution is 5.34. The molecular formula is C16H24N2O2. The minimum atomic E-state index is 0.184. The van der Waals surface area contributed by atoms with Gasteiger partial charge in [-0.15, -0.1) is 0 Å². The second-order valence-corrected chi connectivity index (χ2v) is 4.76. The van der Waals surface area contributed by atoms with Crippen molar-refractivity contribution < 1.29 is 9.84 Å². The lowest BCUT2D eigenvalue weighted by Gasteiger charge is -2.21. The number of benzene rings is 1. The summed E-state index contributed by atoms with van der Waals surface area (Å²) in [6.07, 6.45) is 3.58. The number of unbranched alkanes of at least 4 members (excludes halogenated alkanes) is 2. The van der Waals surface area contributed by atoms with Gasteiger partial charge in [-0.05, 0) is 37.2 Å². The number of ether oxygens (including phenoxy) is 1. The predicted molar refractivity (Wildman–Crippen MR) is 79.7 cm³/mol. The van der Waals surface area contributed by atoms with E-state index >= 15 is 0 Å². The lowest BCUT2D eigenvalue weighted by atomic mass is 10.2. The van der Waals surface area contributed by atoms with Crippen LogP contribution in [-0.2, 0) is 0 Å². The molecule has 1 N–H and O–H groups in total. The highest BCUT2D eigenvalue weighted by Gasteiger charge is 2.04. The van der Waals surface area contributed by atoms with Crippen LogP contribution in [0.5, 0.6) is 5.75 Å². The van der Waals surface area contributed by atoms with Crippen LogP contribution in [0.2, 0.25) is 0 Å². The Morgan fingerprint density at radius 3 is 2.50 bits per heavy atom. The third kappa shape index (κ3) is 6.55. The number of hydrogen-bond acceptors (Lipinski definition) is 4. The SMILES string of the molecule is CCCCCN(CCO)CCOc1ccc(C#N)cc1. The summed E-state index contributed by atoms with van der Waals surface area (Å²) in [5.41, 5.74) is 0.638. The lowest BCUT2D eigenvalue weighted by molar-refractivity contribution is 0.166. The molecule has 0 amide bonds. The Balaban J connectivity index is 2.29. The molecule has 0 heterocycles. The number of aliphatic hydroxyl groups excluding tert-OH is 1. The fourth-order valence-electron chi connectivity index (χ4n) is 1.98. The summed E-state index contributed by atoms with van der Waals surface area (Å²) in [6.45, 7) is 5.47. The minimum Gasteiger partial charge on any atom is -0.492 e. The summed E-state index contributed by atoms with van der Waals surface area (Å²) in [4.78, 5) is 2.22. The third-order valence-corrected chi connectivity index (χ3v) is 3.15. The average Bonchev–Trinajstić information content (AvgIpc) is 2.48. The van der Waals surface area contributed by atoms with E-state index < -0.39 is 0 Å². The van der Waals surface area contributed by atoms with Crippen LogP contribution >= 0.6 is 0 Å². The maximum absolute atomic E-state index is 9.05. The molecule has 1 aromatic carbocycles. The zero-order chi connectivity index (χ0) is 14.6. The Morgan fingerprint density at radius 1 is 1.15 bits per heavy atom. The van der Waals surface area contributed by atoms with Crippen LogP contribution < -0.4 is 4.74 Å². The van der Waals surface area contributed by atoms with Crippen LogP contribution in [-0.4, -0.2) is 42.9 Å². The van der Waals surface area contributed by atoms with E-state index in [4.69, 9.17) is 15.1 Å². The van der Waals surface area contributed by atoms with Gasteiger partial charge in [-0.1, -0.05) is 19.8 Å². The van der Waals surface area contributed by atoms with Crippen molar-refractivity contribution in [3.8, 4) is 11.8 Å². The van der Waals surface area contributed by atoms with E-state index in [-0.39, 0.29) is 6.61 Å². The zero-order valence-corrected chi connectivity index (χ0v) is 12.2. The monoisotopic (exact) mass is 276 g/mol. The number of nitriles is 1. The van der Waals surface area contributed by atoms with Gasteiger partial charge in [0, 0.05) is 13.1 Å². The Bertz CT molecular complexity index is 398. The van der Waals surface area contributed by atoms with Gasteiger partial charge in [0.1, 0.15) is 12.4 Å². The largest absolute Gasteiger partial charge is 0.492 e. The first-order valence-corrected chi connectivity index (χ1v) is 7.26. The summed E-state index contributed by atoms with van der Waals surface area (Å²) < 4.78 is 5.66. The lowest BCUT2D eigenvalue weighted by Crippen LogP contribution is -2.32. The Labute approximate surface area is 121 Å². The summed E-state index contributed by atoms with van der Waals surface area (Å²) in [5, 5.41) is 17.8. The van der Waals surface area contributed by atoms with Crippen LogP contribution in [0.25, 0.3) is 0 Å². The smallest absolute Gasteiger partial charge is 0.119 e. The molecule has 4 nitrogen and oxygen atoms in total. The average molecular weight is 276 g/mol. The summed E-state index contributed by atoms with van der Waals surface area (Å²) in [5.74, 6) is 0.779. The molecule has 0 fully saturated rings. The number of hydrogen-bond donors (Lipinski definition) is 1. The van der Waals surface area contributed by atoms with Gasteiger partial charge in [0.25, 0.3) is 0 Å². The van der Waals surface area contributed by atoms with Crippen LogP contribution in [0.15, 0.2) is 24.3 Å². The van der Waals surface area contributed by atoms with Crippen molar-refractivity contribution in [3.05, 3.63) is 29.8 Å². The fraction of sp³-hybridized carbons (Fsp3) is 0.562. The Kier molecular flexibility index (Phi) is 8.44. The topological polar surface area (TPSA) is 56.5 Å². The molecule has 0 spiro atoms. The molecule has 0 unspecified atom stereocenters. The molecule has 0 bridgehead atoms. The zero-order valence-electron chi connectivity index (χ0n) is 12.2. The molecule has 0 aromatic heterocycles. The van der Waals surface area contributed by atoms with Gasteiger partial charge in [-0.2, -0.15) is 5.26 Å².